The van der Waals surface area contributed by atoms with E-state index in [4.69, 9.17) is 4.74 Å². The Kier molecular flexibility index (Phi) is 7.69. The fraction of sp³-hybridized carbons (Fsp3) is 0.600. The Bertz CT molecular complexity index is 274. The van der Waals surface area contributed by atoms with E-state index in [0.717, 1.165) is 26.2 Å². The number of unbranched alkanes of at least 4 members (excludes halogenated alkanes) is 1. The smallest absolute Gasteiger partial charge is 0.0478 e. The van der Waals surface area contributed by atoms with E-state index in [1.165, 1.54) is 18.4 Å². The fourth-order valence-electron chi connectivity index (χ4n) is 1.70. The summed E-state index contributed by atoms with van der Waals surface area (Å²) in [5.74, 6) is 0. The third-order valence-corrected chi connectivity index (χ3v) is 2.86. The van der Waals surface area contributed by atoms with Crippen molar-refractivity contribution in [2.75, 3.05) is 19.8 Å². The van der Waals surface area contributed by atoms with E-state index in [2.05, 4.69) is 49.5 Å². The zero-order chi connectivity index (χ0) is 12.3. The average molecular weight is 235 g/mol. The maximum absolute atomic E-state index is 5.52. The molecule has 0 aromatic heterocycles. The van der Waals surface area contributed by atoms with Crippen molar-refractivity contribution in [2.45, 2.75) is 39.2 Å². The van der Waals surface area contributed by atoms with Gasteiger partial charge in [-0.15, -0.1) is 0 Å². The molecule has 0 aliphatic heterocycles. The quantitative estimate of drug-likeness (QED) is 0.661. The van der Waals surface area contributed by atoms with Crippen molar-refractivity contribution in [3.05, 3.63) is 35.9 Å². The van der Waals surface area contributed by atoms with Crippen LogP contribution < -0.4 is 5.32 Å². The van der Waals surface area contributed by atoms with E-state index in [1.807, 2.05) is 0 Å². The molecule has 96 valence electrons. The van der Waals surface area contributed by atoms with Gasteiger partial charge in [-0.1, -0.05) is 43.7 Å². The van der Waals surface area contributed by atoms with Crippen LogP contribution in [0.3, 0.4) is 0 Å². The predicted octanol–water partition coefficient (Wildman–Crippen LogP) is 3.54. The lowest BCUT2D eigenvalue weighted by Crippen LogP contribution is -2.20. The number of rotatable bonds is 9. The maximum Gasteiger partial charge on any atom is 0.0478 e. The lowest BCUT2D eigenvalue weighted by atomic mass is 10.1. The Balaban J connectivity index is 2.03. The van der Waals surface area contributed by atoms with Crippen molar-refractivity contribution in [3.63, 3.8) is 0 Å². The third kappa shape index (κ3) is 6.44. The molecular weight excluding hydrogens is 210 g/mol. The van der Waals surface area contributed by atoms with Crippen LogP contribution in [0.25, 0.3) is 0 Å². The van der Waals surface area contributed by atoms with E-state index in [0.29, 0.717) is 6.04 Å². The lowest BCUT2D eigenvalue weighted by Gasteiger charge is -2.14. The monoisotopic (exact) mass is 235 g/mol. The second-order valence-electron chi connectivity index (χ2n) is 4.41. The number of hydrogen-bond donors (Lipinski definition) is 1. The maximum atomic E-state index is 5.52. The zero-order valence-corrected chi connectivity index (χ0v) is 11.1. The second-order valence-corrected chi connectivity index (χ2v) is 4.41. The first-order valence-electron chi connectivity index (χ1n) is 6.70. The molecule has 1 unspecified atom stereocenters. The molecule has 1 N–H and O–H groups in total. The van der Waals surface area contributed by atoms with Crippen LogP contribution in [0, 0.1) is 0 Å². The molecule has 0 saturated carbocycles. The molecule has 0 radical (unpaired) electrons. The summed E-state index contributed by atoms with van der Waals surface area (Å²) in [5, 5.41) is 3.51. The molecule has 1 rings (SSSR count). The second kappa shape index (κ2) is 9.20. The lowest BCUT2D eigenvalue weighted by molar-refractivity contribution is 0.128. The molecule has 17 heavy (non-hydrogen) atoms. The topological polar surface area (TPSA) is 21.3 Å². The number of hydrogen-bond acceptors (Lipinski definition) is 2. The average Bonchev–Trinajstić information content (AvgIpc) is 2.38. The van der Waals surface area contributed by atoms with Crippen LogP contribution >= 0.6 is 0 Å². The molecule has 1 aromatic carbocycles. The highest BCUT2D eigenvalue weighted by molar-refractivity contribution is 5.17. The van der Waals surface area contributed by atoms with E-state index < -0.39 is 0 Å². The zero-order valence-electron chi connectivity index (χ0n) is 11.1. The SMILES string of the molecule is CCCCOCCCNC(C)c1ccccc1. The molecule has 0 fully saturated rings. The van der Waals surface area contributed by atoms with E-state index >= 15 is 0 Å². The molecule has 0 aliphatic rings. The van der Waals surface area contributed by atoms with Crippen molar-refractivity contribution in [1.29, 1.82) is 0 Å². The summed E-state index contributed by atoms with van der Waals surface area (Å²) < 4.78 is 5.52. The van der Waals surface area contributed by atoms with E-state index in [1.54, 1.807) is 0 Å². The molecular formula is C15H25NO. The van der Waals surface area contributed by atoms with Gasteiger partial charge in [0.05, 0.1) is 0 Å². The van der Waals surface area contributed by atoms with Crippen LogP contribution in [0.1, 0.15) is 44.7 Å². The highest BCUT2D eigenvalue weighted by atomic mass is 16.5. The molecule has 0 aliphatic carbocycles. The minimum absolute atomic E-state index is 0.423. The summed E-state index contributed by atoms with van der Waals surface area (Å²) in [6, 6.07) is 11.0. The Hall–Kier alpha value is -0.860. The Labute approximate surface area is 105 Å². The van der Waals surface area contributed by atoms with Crippen LogP contribution in [-0.4, -0.2) is 19.8 Å². The third-order valence-electron chi connectivity index (χ3n) is 2.86. The van der Waals surface area contributed by atoms with Gasteiger partial charge in [-0.05, 0) is 31.9 Å². The van der Waals surface area contributed by atoms with Crippen LogP contribution in [0.4, 0.5) is 0 Å². The standard InChI is InChI=1S/C15H25NO/c1-3-4-12-17-13-8-11-16-14(2)15-9-6-5-7-10-15/h5-7,9-10,14,16H,3-4,8,11-13H2,1-2H3. The minimum Gasteiger partial charge on any atom is -0.381 e. The van der Waals surface area contributed by atoms with Crippen molar-refractivity contribution in [2.24, 2.45) is 0 Å². The predicted molar refractivity (Wildman–Crippen MR) is 73.2 cm³/mol. The van der Waals surface area contributed by atoms with Gasteiger partial charge in [0.2, 0.25) is 0 Å². The van der Waals surface area contributed by atoms with Gasteiger partial charge in [-0.25, -0.2) is 0 Å². The molecule has 2 nitrogen and oxygen atoms in total. The molecule has 0 spiro atoms. The van der Waals surface area contributed by atoms with Gasteiger partial charge >= 0.3 is 0 Å². The molecule has 0 heterocycles. The summed E-state index contributed by atoms with van der Waals surface area (Å²) in [6.45, 7) is 7.18. The van der Waals surface area contributed by atoms with Crippen LogP contribution in [0.2, 0.25) is 0 Å². The normalized spacial score (nSPS) is 12.6. The minimum atomic E-state index is 0.423. The molecule has 2 heteroatoms. The number of ether oxygens (including phenoxy) is 1. The number of nitrogens with one attached hydrogen (secondary N) is 1. The van der Waals surface area contributed by atoms with Crippen molar-refractivity contribution >= 4 is 0 Å². The van der Waals surface area contributed by atoms with Gasteiger partial charge in [-0.3, -0.25) is 0 Å². The molecule has 0 saturated heterocycles. The number of benzene rings is 1. The van der Waals surface area contributed by atoms with Gasteiger partial charge < -0.3 is 10.1 Å². The summed E-state index contributed by atoms with van der Waals surface area (Å²) in [4.78, 5) is 0. The summed E-state index contributed by atoms with van der Waals surface area (Å²) in [6.07, 6.45) is 3.47. The molecule has 0 bridgehead atoms. The largest absolute Gasteiger partial charge is 0.381 e. The first-order chi connectivity index (χ1) is 8.34. The first kappa shape index (κ1) is 14.2. The highest BCUT2D eigenvalue weighted by Crippen LogP contribution is 2.10. The summed E-state index contributed by atoms with van der Waals surface area (Å²) in [5.41, 5.74) is 1.35. The van der Waals surface area contributed by atoms with Gasteiger partial charge in [0, 0.05) is 19.3 Å². The van der Waals surface area contributed by atoms with Crippen molar-refractivity contribution < 1.29 is 4.74 Å². The van der Waals surface area contributed by atoms with Crippen LogP contribution in [0.5, 0.6) is 0 Å². The highest BCUT2D eigenvalue weighted by Gasteiger charge is 2.02. The van der Waals surface area contributed by atoms with Gasteiger partial charge in [0.1, 0.15) is 0 Å². The van der Waals surface area contributed by atoms with Crippen LogP contribution in [-0.2, 0) is 4.74 Å². The van der Waals surface area contributed by atoms with Crippen LogP contribution in [0.15, 0.2) is 30.3 Å². The molecule has 1 aromatic rings. The van der Waals surface area contributed by atoms with Crippen molar-refractivity contribution in [3.8, 4) is 0 Å². The van der Waals surface area contributed by atoms with Crippen molar-refractivity contribution in [1.82, 2.24) is 5.32 Å². The summed E-state index contributed by atoms with van der Waals surface area (Å²) in [7, 11) is 0. The Morgan fingerprint density at radius 2 is 1.82 bits per heavy atom. The first-order valence-corrected chi connectivity index (χ1v) is 6.70. The fourth-order valence-corrected chi connectivity index (χ4v) is 1.70. The summed E-state index contributed by atoms with van der Waals surface area (Å²) >= 11 is 0. The van der Waals surface area contributed by atoms with Gasteiger partial charge in [0.15, 0.2) is 0 Å². The van der Waals surface area contributed by atoms with Gasteiger partial charge in [0.25, 0.3) is 0 Å². The molecule has 1 atom stereocenters. The van der Waals surface area contributed by atoms with Gasteiger partial charge in [-0.2, -0.15) is 0 Å². The molecule has 0 amide bonds. The Morgan fingerprint density at radius 3 is 2.53 bits per heavy atom. The van der Waals surface area contributed by atoms with E-state index in [9.17, 15) is 0 Å². The Morgan fingerprint density at radius 1 is 1.12 bits per heavy atom. The van der Waals surface area contributed by atoms with E-state index in [-0.39, 0.29) is 0 Å².